The number of hydrogen-bond acceptors (Lipinski definition) is 3. The number of thioether (sulfide) groups is 1. The number of rotatable bonds is 5. The molecule has 2 unspecified atom stereocenters. The molecule has 1 N–H and O–H groups in total. The highest BCUT2D eigenvalue weighted by Gasteiger charge is 2.20. The molecule has 0 aromatic rings. The van der Waals surface area contributed by atoms with Crippen molar-refractivity contribution in [3.8, 4) is 0 Å². The van der Waals surface area contributed by atoms with Crippen LogP contribution in [0.3, 0.4) is 0 Å². The molecule has 0 bridgehead atoms. The zero-order valence-corrected chi connectivity index (χ0v) is 10.6. The molecule has 1 aliphatic heterocycles. The zero-order valence-electron chi connectivity index (χ0n) is 9.75. The number of nitrogens with one attached hydrogen (secondary N) is 1. The van der Waals surface area contributed by atoms with Crippen molar-refractivity contribution in [1.82, 2.24) is 10.2 Å². The average molecular weight is 216 g/mol. The topological polar surface area (TPSA) is 15.3 Å². The van der Waals surface area contributed by atoms with Crippen LogP contribution in [0.15, 0.2) is 0 Å². The van der Waals surface area contributed by atoms with Gasteiger partial charge in [0.25, 0.3) is 0 Å². The summed E-state index contributed by atoms with van der Waals surface area (Å²) in [7, 11) is 0. The highest BCUT2D eigenvalue weighted by Crippen LogP contribution is 2.13. The van der Waals surface area contributed by atoms with Gasteiger partial charge >= 0.3 is 0 Å². The van der Waals surface area contributed by atoms with Gasteiger partial charge in [-0.05, 0) is 25.6 Å². The van der Waals surface area contributed by atoms with Gasteiger partial charge in [-0.1, -0.05) is 13.8 Å². The first-order valence-corrected chi connectivity index (χ1v) is 7.04. The van der Waals surface area contributed by atoms with E-state index < -0.39 is 0 Å². The van der Waals surface area contributed by atoms with E-state index in [2.05, 4.69) is 30.3 Å². The molecule has 2 nitrogen and oxygen atoms in total. The Morgan fingerprint density at radius 2 is 2.36 bits per heavy atom. The fraction of sp³-hybridized carbons (Fsp3) is 1.00. The van der Waals surface area contributed by atoms with Crippen LogP contribution < -0.4 is 5.32 Å². The summed E-state index contributed by atoms with van der Waals surface area (Å²) >= 11 is 1.98. The van der Waals surface area contributed by atoms with Crippen LogP contribution in [0.25, 0.3) is 0 Å². The molecular formula is C11H24N2S. The number of hydrogen-bond donors (Lipinski definition) is 1. The maximum atomic E-state index is 3.47. The molecule has 0 aliphatic carbocycles. The molecule has 2 atom stereocenters. The van der Waals surface area contributed by atoms with Gasteiger partial charge in [-0.3, -0.25) is 4.90 Å². The average Bonchev–Trinajstić information content (AvgIpc) is 2.26. The second-order valence-corrected chi connectivity index (χ2v) is 5.41. The summed E-state index contributed by atoms with van der Waals surface area (Å²) in [6.45, 7) is 9.49. The van der Waals surface area contributed by atoms with E-state index in [9.17, 15) is 0 Å². The second kappa shape index (κ2) is 6.70. The molecule has 1 heterocycles. The summed E-state index contributed by atoms with van der Waals surface area (Å²) in [6, 6.07) is 0.776. The Morgan fingerprint density at radius 1 is 1.57 bits per heavy atom. The van der Waals surface area contributed by atoms with Crippen LogP contribution in [-0.4, -0.2) is 48.6 Å². The normalized spacial score (nSPS) is 26.4. The molecule has 0 aromatic heterocycles. The van der Waals surface area contributed by atoms with E-state index >= 15 is 0 Å². The van der Waals surface area contributed by atoms with Crippen LogP contribution in [0.1, 0.15) is 26.7 Å². The van der Waals surface area contributed by atoms with Crippen molar-refractivity contribution in [3.63, 3.8) is 0 Å². The van der Waals surface area contributed by atoms with Gasteiger partial charge in [-0.15, -0.1) is 0 Å². The SMILES string of the molecule is CCC1CNCCN1CCC(C)SC. The molecule has 0 aromatic carbocycles. The van der Waals surface area contributed by atoms with E-state index in [1.165, 1.54) is 39.0 Å². The molecule has 3 heteroatoms. The predicted molar refractivity (Wildman–Crippen MR) is 66.1 cm³/mol. The van der Waals surface area contributed by atoms with Crippen molar-refractivity contribution in [1.29, 1.82) is 0 Å². The summed E-state index contributed by atoms with van der Waals surface area (Å²) in [6.07, 6.45) is 4.82. The summed E-state index contributed by atoms with van der Waals surface area (Å²) in [4.78, 5) is 2.66. The summed E-state index contributed by atoms with van der Waals surface area (Å²) in [5, 5.41) is 4.28. The first kappa shape index (κ1) is 12.3. The fourth-order valence-electron chi connectivity index (χ4n) is 1.97. The quantitative estimate of drug-likeness (QED) is 0.754. The predicted octanol–water partition coefficient (Wildman–Crippen LogP) is 1.81. The first-order chi connectivity index (χ1) is 6.77. The number of nitrogens with zero attached hydrogens (tertiary/aromatic N) is 1. The first-order valence-electron chi connectivity index (χ1n) is 5.75. The van der Waals surface area contributed by atoms with Gasteiger partial charge in [0.15, 0.2) is 0 Å². The van der Waals surface area contributed by atoms with Crippen LogP contribution in [-0.2, 0) is 0 Å². The zero-order chi connectivity index (χ0) is 10.4. The summed E-state index contributed by atoms with van der Waals surface area (Å²) < 4.78 is 0. The van der Waals surface area contributed by atoms with Gasteiger partial charge in [-0.25, -0.2) is 0 Å². The Balaban J connectivity index is 2.26. The van der Waals surface area contributed by atoms with Crippen molar-refractivity contribution < 1.29 is 0 Å². The monoisotopic (exact) mass is 216 g/mol. The van der Waals surface area contributed by atoms with Gasteiger partial charge in [0, 0.05) is 30.9 Å². The maximum Gasteiger partial charge on any atom is 0.0218 e. The van der Waals surface area contributed by atoms with Gasteiger partial charge in [-0.2, -0.15) is 11.8 Å². The second-order valence-electron chi connectivity index (χ2n) is 4.14. The molecule has 1 aliphatic rings. The van der Waals surface area contributed by atoms with E-state index in [0.29, 0.717) is 0 Å². The third kappa shape index (κ3) is 3.79. The molecular weight excluding hydrogens is 192 g/mol. The van der Waals surface area contributed by atoms with Gasteiger partial charge in [0.1, 0.15) is 0 Å². The summed E-state index contributed by atoms with van der Waals surface area (Å²) in [5.74, 6) is 0. The molecule has 84 valence electrons. The Hall–Kier alpha value is 0.270. The van der Waals surface area contributed by atoms with Crippen molar-refractivity contribution in [3.05, 3.63) is 0 Å². The lowest BCUT2D eigenvalue weighted by Crippen LogP contribution is -2.51. The molecule has 14 heavy (non-hydrogen) atoms. The highest BCUT2D eigenvalue weighted by atomic mass is 32.2. The number of piperazine rings is 1. The Morgan fingerprint density at radius 3 is 3.00 bits per heavy atom. The minimum atomic E-state index is 0.776. The van der Waals surface area contributed by atoms with Crippen molar-refractivity contribution in [2.45, 2.75) is 38.0 Å². The van der Waals surface area contributed by atoms with E-state index in [-0.39, 0.29) is 0 Å². The fourth-order valence-corrected chi connectivity index (χ4v) is 2.31. The Bertz CT molecular complexity index is 152. The van der Waals surface area contributed by atoms with Gasteiger partial charge in [0.2, 0.25) is 0 Å². The van der Waals surface area contributed by atoms with Crippen LogP contribution in [0.4, 0.5) is 0 Å². The molecule has 1 rings (SSSR count). The minimum Gasteiger partial charge on any atom is -0.314 e. The van der Waals surface area contributed by atoms with E-state index in [0.717, 1.165) is 11.3 Å². The lowest BCUT2D eigenvalue weighted by atomic mass is 10.1. The largest absolute Gasteiger partial charge is 0.314 e. The van der Waals surface area contributed by atoms with E-state index in [1.807, 2.05) is 11.8 Å². The molecule has 1 fully saturated rings. The molecule has 0 spiro atoms. The highest BCUT2D eigenvalue weighted by molar-refractivity contribution is 7.99. The van der Waals surface area contributed by atoms with Gasteiger partial charge in [0.05, 0.1) is 0 Å². The summed E-state index contributed by atoms with van der Waals surface area (Å²) in [5.41, 5.74) is 0. The van der Waals surface area contributed by atoms with Crippen molar-refractivity contribution in [2.24, 2.45) is 0 Å². The molecule has 0 amide bonds. The van der Waals surface area contributed by atoms with Crippen LogP contribution in [0.2, 0.25) is 0 Å². The molecule has 0 radical (unpaired) electrons. The van der Waals surface area contributed by atoms with Gasteiger partial charge < -0.3 is 5.32 Å². The van der Waals surface area contributed by atoms with Crippen molar-refractivity contribution in [2.75, 3.05) is 32.4 Å². The van der Waals surface area contributed by atoms with Crippen molar-refractivity contribution >= 4 is 11.8 Å². The molecule has 1 saturated heterocycles. The van der Waals surface area contributed by atoms with Crippen LogP contribution in [0, 0.1) is 0 Å². The van der Waals surface area contributed by atoms with E-state index in [1.54, 1.807) is 0 Å². The lowest BCUT2D eigenvalue weighted by Gasteiger charge is -2.36. The third-order valence-corrected chi connectivity index (χ3v) is 4.21. The smallest absolute Gasteiger partial charge is 0.0218 e. The van der Waals surface area contributed by atoms with E-state index in [4.69, 9.17) is 0 Å². The standard InChI is InChI=1S/C11H24N2S/c1-4-11-9-12-6-8-13(11)7-5-10(2)14-3/h10-12H,4-9H2,1-3H3. The van der Waals surface area contributed by atoms with Crippen LogP contribution >= 0.6 is 11.8 Å². The molecule has 0 saturated carbocycles. The maximum absolute atomic E-state index is 3.47. The minimum absolute atomic E-state index is 0.776. The lowest BCUT2D eigenvalue weighted by molar-refractivity contribution is 0.155. The Kier molecular flexibility index (Phi) is 5.90. The van der Waals surface area contributed by atoms with Crippen LogP contribution in [0.5, 0.6) is 0 Å². The third-order valence-electron chi connectivity index (χ3n) is 3.17. The Labute approximate surface area is 92.8 Å².